The Morgan fingerprint density at radius 1 is 1.17 bits per heavy atom. The SMILES string of the molecule is O=C(Nn1cnnn1)c1ccc2ccccc2n1. The molecule has 0 saturated heterocycles. The number of para-hydroxylation sites is 1. The first-order valence-electron chi connectivity index (χ1n) is 5.23. The number of hydrogen-bond donors (Lipinski definition) is 1. The maximum absolute atomic E-state index is 11.9. The zero-order valence-corrected chi connectivity index (χ0v) is 9.19. The van der Waals surface area contributed by atoms with Gasteiger partial charge in [0, 0.05) is 5.39 Å². The molecule has 0 fully saturated rings. The van der Waals surface area contributed by atoms with Crippen LogP contribution >= 0.6 is 0 Å². The third-order valence-electron chi connectivity index (χ3n) is 2.40. The molecule has 0 atom stereocenters. The molecule has 0 aliphatic carbocycles. The van der Waals surface area contributed by atoms with Gasteiger partial charge in [-0.1, -0.05) is 24.3 Å². The highest BCUT2D eigenvalue weighted by molar-refractivity contribution is 5.99. The predicted octanol–water partition coefficient (Wildman–Crippen LogP) is 0.605. The monoisotopic (exact) mass is 240 g/mol. The maximum Gasteiger partial charge on any atom is 0.290 e. The van der Waals surface area contributed by atoms with Gasteiger partial charge in [0.1, 0.15) is 5.69 Å². The van der Waals surface area contributed by atoms with Crippen LogP contribution in [0.25, 0.3) is 10.9 Å². The summed E-state index contributed by atoms with van der Waals surface area (Å²) in [5.74, 6) is -0.368. The van der Waals surface area contributed by atoms with Gasteiger partial charge in [-0.2, -0.15) is 0 Å². The van der Waals surface area contributed by atoms with Gasteiger partial charge in [-0.15, -0.1) is 9.89 Å². The molecule has 7 nitrogen and oxygen atoms in total. The Hall–Kier alpha value is -2.83. The molecule has 3 rings (SSSR count). The summed E-state index contributed by atoms with van der Waals surface area (Å²) in [6, 6.07) is 11.1. The molecule has 0 saturated carbocycles. The van der Waals surface area contributed by atoms with E-state index in [2.05, 4.69) is 25.9 Å². The van der Waals surface area contributed by atoms with Crippen molar-refractivity contribution in [1.82, 2.24) is 25.3 Å². The van der Waals surface area contributed by atoms with Crippen LogP contribution in [0, 0.1) is 0 Å². The third kappa shape index (κ3) is 1.88. The minimum Gasteiger partial charge on any atom is -0.266 e. The number of nitrogens with zero attached hydrogens (tertiary/aromatic N) is 5. The van der Waals surface area contributed by atoms with E-state index in [1.165, 1.54) is 6.33 Å². The smallest absolute Gasteiger partial charge is 0.266 e. The van der Waals surface area contributed by atoms with E-state index < -0.39 is 0 Å². The molecule has 0 unspecified atom stereocenters. The molecule has 0 radical (unpaired) electrons. The van der Waals surface area contributed by atoms with Crippen LogP contribution in [0.2, 0.25) is 0 Å². The second-order valence-electron chi connectivity index (χ2n) is 3.58. The first-order chi connectivity index (χ1) is 8.83. The summed E-state index contributed by atoms with van der Waals surface area (Å²) in [7, 11) is 0. The van der Waals surface area contributed by atoms with Crippen molar-refractivity contribution in [2.75, 3.05) is 5.43 Å². The number of pyridine rings is 1. The lowest BCUT2D eigenvalue weighted by atomic mass is 10.2. The number of rotatable bonds is 2. The zero-order valence-electron chi connectivity index (χ0n) is 9.19. The van der Waals surface area contributed by atoms with Gasteiger partial charge in [0.25, 0.3) is 5.91 Å². The number of hydrogen-bond acceptors (Lipinski definition) is 5. The third-order valence-corrected chi connectivity index (χ3v) is 2.40. The number of aromatic nitrogens is 5. The van der Waals surface area contributed by atoms with Crippen LogP contribution in [-0.2, 0) is 0 Å². The molecule has 0 aliphatic rings. The van der Waals surface area contributed by atoms with Gasteiger partial charge in [0.15, 0.2) is 6.33 Å². The van der Waals surface area contributed by atoms with Crippen molar-refractivity contribution in [2.45, 2.75) is 0 Å². The van der Waals surface area contributed by atoms with Crippen molar-refractivity contribution in [3.05, 3.63) is 48.4 Å². The summed E-state index contributed by atoms with van der Waals surface area (Å²) in [5.41, 5.74) is 3.56. The molecular weight excluding hydrogens is 232 g/mol. The average Bonchev–Trinajstić information content (AvgIpc) is 2.91. The van der Waals surface area contributed by atoms with E-state index in [-0.39, 0.29) is 5.91 Å². The number of amides is 1. The molecule has 18 heavy (non-hydrogen) atoms. The fraction of sp³-hybridized carbons (Fsp3) is 0. The molecule has 2 heterocycles. The van der Waals surface area contributed by atoms with Crippen LogP contribution in [-0.4, -0.2) is 31.2 Å². The van der Waals surface area contributed by atoms with Gasteiger partial charge in [0.2, 0.25) is 0 Å². The van der Waals surface area contributed by atoms with Crippen LogP contribution < -0.4 is 5.43 Å². The average molecular weight is 240 g/mol. The van der Waals surface area contributed by atoms with E-state index in [0.717, 1.165) is 15.7 Å². The highest BCUT2D eigenvalue weighted by Crippen LogP contribution is 2.11. The molecule has 1 amide bonds. The van der Waals surface area contributed by atoms with Crippen LogP contribution in [0.1, 0.15) is 10.5 Å². The first kappa shape index (κ1) is 10.3. The Balaban J connectivity index is 1.92. The van der Waals surface area contributed by atoms with Gasteiger partial charge < -0.3 is 0 Å². The molecule has 0 spiro atoms. The van der Waals surface area contributed by atoms with Gasteiger partial charge in [-0.25, -0.2) is 10.4 Å². The van der Waals surface area contributed by atoms with Gasteiger partial charge in [-0.3, -0.25) is 4.79 Å². The lowest BCUT2D eigenvalue weighted by Crippen LogP contribution is -2.24. The molecule has 3 aromatic rings. The minimum absolute atomic E-state index is 0.309. The van der Waals surface area contributed by atoms with Crippen LogP contribution in [0.5, 0.6) is 0 Å². The standard InChI is InChI=1S/C11H8N6O/c18-11(14-17-7-12-15-16-17)10-6-5-8-3-1-2-4-9(8)13-10/h1-7H,(H,14,18). The fourth-order valence-corrected chi connectivity index (χ4v) is 1.57. The summed E-state index contributed by atoms with van der Waals surface area (Å²) in [5, 5.41) is 11.4. The second-order valence-corrected chi connectivity index (χ2v) is 3.58. The summed E-state index contributed by atoms with van der Waals surface area (Å²) >= 11 is 0. The van der Waals surface area contributed by atoms with E-state index in [9.17, 15) is 4.79 Å². The largest absolute Gasteiger partial charge is 0.290 e. The van der Waals surface area contributed by atoms with E-state index in [4.69, 9.17) is 0 Å². The Bertz CT molecular complexity index is 694. The normalized spacial score (nSPS) is 10.4. The van der Waals surface area contributed by atoms with Crippen molar-refractivity contribution >= 4 is 16.8 Å². The zero-order chi connectivity index (χ0) is 12.4. The molecule has 88 valence electrons. The molecule has 7 heteroatoms. The Morgan fingerprint density at radius 3 is 2.89 bits per heavy atom. The van der Waals surface area contributed by atoms with E-state index >= 15 is 0 Å². The number of carbonyl (C=O) groups is 1. The number of carbonyl (C=O) groups excluding carboxylic acids is 1. The van der Waals surface area contributed by atoms with Crippen LogP contribution in [0.3, 0.4) is 0 Å². The highest BCUT2D eigenvalue weighted by atomic mass is 16.2. The van der Waals surface area contributed by atoms with Crippen molar-refractivity contribution < 1.29 is 4.79 Å². The van der Waals surface area contributed by atoms with E-state index in [1.807, 2.05) is 30.3 Å². The van der Waals surface area contributed by atoms with Crippen molar-refractivity contribution in [3.8, 4) is 0 Å². The molecule has 0 aliphatic heterocycles. The Labute approximate surface area is 101 Å². The first-order valence-corrected chi connectivity index (χ1v) is 5.23. The number of benzene rings is 1. The second kappa shape index (κ2) is 4.21. The molecule has 2 aromatic heterocycles. The molecular formula is C11H8N6O. The van der Waals surface area contributed by atoms with Gasteiger partial charge in [-0.05, 0) is 22.6 Å². The number of tetrazole rings is 1. The minimum atomic E-state index is -0.368. The summed E-state index contributed by atoms with van der Waals surface area (Å²) < 4.78 is 0. The van der Waals surface area contributed by atoms with Crippen LogP contribution in [0.15, 0.2) is 42.7 Å². The Kier molecular flexibility index (Phi) is 2.41. The van der Waals surface area contributed by atoms with Gasteiger partial charge in [0.05, 0.1) is 5.52 Å². The van der Waals surface area contributed by atoms with Crippen molar-refractivity contribution in [2.24, 2.45) is 0 Å². The predicted molar refractivity (Wildman–Crippen MR) is 63.3 cm³/mol. The Morgan fingerprint density at radius 2 is 2.06 bits per heavy atom. The summed E-state index contributed by atoms with van der Waals surface area (Å²) in [4.78, 5) is 17.3. The highest BCUT2D eigenvalue weighted by Gasteiger charge is 2.08. The quantitative estimate of drug-likeness (QED) is 0.709. The maximum atomic E-state index is 11.9. The number of nitrogens with one attached hydrogen (secondary N) is 1. The van der Waals surface area contributed by atoms with Crippen molar-refractivity contribution in [1.29, 1.82) is 0 Å². The lowest BCUT2D eigenvalue weighted by molar-refractivity contribution is 0.100. The summed E-state index contributed by atoms with van der Waals surface area (Å²) in [6.45, 7) is 0. The summed E-state index contributed by atoms with van der Waals surface area (Å²) in [6.07, 6.45) is 1.29. The van der Waals surface area contributed by atoms with E-state index in [1.54, 1.807) is 6.07 Å². The topological polar surface area (TPSA) is 85.6 Å². The fourth-order valence-electron chi connectivity index (χ4n) is 1.57. The van der Waals surface area contributed by atoms with Gasteiger partial charge >= 0.3 is 0 Å². The molecule has 1 N–H and O–H groups in total. The van der Waals surface area contributed by atoms with Crippen molar-refractivity contribution in [3.63, 3.8) is 0 Å². The molecule has 0 bridgehead atoms. The number of fused-ring (bicyclic) bond motifs is 1. The van der Waals surface area contributed by atoms with Crippen LogP contribution in [0.4, 0.5) is 0 Å². The lowest BCUT2D eigenvalue weighted by Gasteiger charge is -2.03. The van der Waals surface area contributed by atoms with E-state index in [0.29, 0.717) is 5.69 Å². The molecule has 1 aromatic carbocycles.